The minimum absolute atomic E-state index is 1.36. The number of nitrogens with one attached hydrogen (secondary N) is 1. The van der Waals surface area contributed by atoms with Crippen molar-refractivity contribution in [3.63, 3.8) is 0 Å². The number of aromatic nitrogens is 2. The van der Waals surface area contributed by atoms with Gasteiger partial charge in [-0.2, -0.15) is 22.0 Å². The number of carboxylic acids is 1. The van der Waals surface area contributed by atoms with Gasteiger partial charge in [0.05, 0.1) is 0 Å². The number of carbonyl (C=O) groups is 1. The van der Waals surface area contributed by atoms with E-state index in [0.717, 1.165) is 0 Å². The standard InChI is InChI=1S/C6H3F5N2O3/c7-5(8)16-3-1(6(9,10)11)2(4(14)15)12-13-3/h5H,(H,12,13)(H,14,15). The predicted molar refractivity (Wildman–Crippen MR) is 37.2 cm³/mol. The summed E-state index contributed by atoms with van der Waals surface area (Å²) in [5, 5.41) is 12.5. The monoisotopic (exact) mass is 246 g/mol. The molecule has 16 heavy (non-hydrogen) atoms. The van der Waals surface area contributed by atoms with Crippen molar-refractivity contribution in [3.8, 4) is 5.88 Å². The van der Waals surface area contributed by atoms with Crippen molar-refractivity contribution in [2.45, 2.75) is 12.8 Å². The molecular formula is C6H3F5N2O3. The number of hydrogen-bond donors (Lipinski definition) is 2. The van der Waals surface area contributed by atoms with E-state index in [1.54, 1.807) is 0 Å². The molecule has 2 N–H and O–H groups in total. The number of nitrogens with zero attached hydrogens (tertiary/aromatic N) is 1. The Kier molecular flexibility index (Phi) is 3.01. The first-order chi connectivity index (χ1) is 7.23. The lowest BCUT2D eigenvalue weighted by Gasteiger charge is -2.07. The second kappa shape index (κ2) is 3.94. The second-order valence-corrected chi connectivity index (χ2v) is 2.46. The van der Waals surface area contributed by atoms with Crippen molar-refractivity contribution in [2.75, 3.05) is 0 Å². The molecule has 0 spiro atoms. The van der Waals surface area contributed by atoms with Crippen LogP contribution >= 0.6 is 0 Å². The van der Waals surface area contributed by atoms with E-state index >= 15 is 0 Å². The Hall–Kier alpha value is -1.87. The van der Waals surface area contributed by atoms with Gasteiger partial charge >= 0.3 is 18.8 Å². The summed E-state index contributed by atoms with van der Waals surface area (Å²) in [6, 6.07) is 0. The molecule has 0 bridgehead atoms. The number of H-pyrrole nitrogens is 1. The molecule has 10 heteroatoms. The Morgan fingerprint density at radius 2 is 2.00 bits per heavy atom. The Balaban J connectivity index is 3.25. The van der Waals surface area contributed by atoms with Crippen molar-refractivity contribution in [1.29, 1.82) is 0 Å². The largest absolute Gasteiger partial charge is 0.477 e. The molecule has 0 aliphatic rings. The highest BCUT2D eigenvalue weighted by Gasteiger charge is 2.42. The van der Waals surface area contributed by atoms with Crippen molar-refractivity contribution >= 4 is 5.97 Å². The van der Waals surface area contributed by atoms with Crippen molar-refractivity contribution in [2.24, 2.45) is 0 Å². The van der Waals surface area contributed by atoms with Gasteiger partial charge in [-0.1, -0.05) is 0 Å². The summed E-state index contributed by atoms with van der Waals surface area (Å²) in [4.78, 5) is 10.4. The van der Waals surface area contributed by atoms with E-state index in [-0.39, 0.29) is 0 Å². The summed E-state index contributed by atoms with van der Waals surface area (Å²) in [6.07, 6.45) is -5.16. The van der Waals surface area contributed by atoms with Gasteiger partial charge in [-0.3, -0.25) is 5.10 Å². The van der Waals surface area contributed by atoms with Crippen molar-refractivity contribution in [3.05, 3.63) is 11.3 Å². The summed E-state index contributed by atoms with van der Waals surface area (Å²) in [5.74, 6) is -3.48. The number of aromatic carboxylic acids is 1. The second-order valence-electron chi connectivity index (χ2n) is 2.46. The number of ether oxygens (including phenoxy) is 1. The van der Waals surface area contributed by atoms with Crippen LogP contribution in [0.4, 0.5) is 22.0 Å². The fraction of sp³-hybridized carbons (Fsp3) is 0.333. The fourth-order valence-electron chi connectivity index (χ4n) is 0.913. The van der Waals surface area contributed by atoms with Crippen LogP contribution in [0.1, 0.15) is 16.1 Å². The van der Waals surface area contributed by atoms with Gasteiger partial charge in [-0.25, -0.2) is 4.79 Å². The van der Waals surface area contributed by atoms with Gasteiger partial charge in [0.25, 0.3) is 5.88 Å². The number of aromatic amines is 1. The zero-order chi connectivity index (χ0) is 12.5. The maximum absolute atomic E-state index is 12.3. The van der Waals surface area contributed by atoms with Crippen LogP contribution in [0, 0.1) is 0 Å². The SMILES string of the molecule is O=C(O)c1[nH]nc(OC(F)F)c1C(F)(F)F. The first kappa shape index (κ1) is 12.2. The lowest BCUT2D eigenvalue weighted by Crippen LogP contribution is -2.14. The molecule has 0 unspecified atom stereocenters. The molecule has 1 aromatic heterocycles. The minimum Gasteiger partial charge on any atom is -0.477 e. The molecule has 0 amide bonds. The van der Waals surface area contributed by atoms with E-state index in [9.17, 15) is 26.7 Å². The van der Waals surface area contributed by atoms with Crippen LogP contribution in [0.2, 0.25) is 0 Å². The molecule has 0 aliphatic heterocycles. The van der Waals surface area contributed by atoms with Gasteiger partial charge in [0, 0.05) is 0 Å². The van der Waals surface area contributed by atoms with Crippen LogP contribution in [0.15, 0.2) is 0 Å². The van der Waals surface area contributed by atoms with E-state index in [1.807, 2.05) is 0 Å². The Morgan fingerprint density at radius 1 is 1.44 bits per heavy atom. The van der Waals surface area contributed by atoms with Crippen LogP contribution in [0.25, 0.3) is 0 Å². The highest BCUT2D eigenvalue weighted by atomic mass is 19.4. The number of hydrogen-bond acceptors (Lipinski definition) is 3. The highest BCUT2D eigenvalue weighted by Crippen LogP contribution is 2.37. The van der Waals surface area contributed by atoms with E-state index in [1.165, 1.54) is 5.10 Å². The van der Waals surface area contributed by atoms with Gasteiger partial charge in [0.15, 0.2) is 11.3 Å². The maximum atomic E-state index is 12.3. The smallest absolute Gasteiger partial charge is 0.424 e. The zero-order valence-corrected chi connectivity index (χ0v) is 7.18. The number of rotatable bonds is 3. The minimum atomic E-state index is -5.16. The summed E-state index contributed by atoms with van der Waals surface area (Å²) in [6.45, 7) is -3.54. The van der Waals surface area contributed by atoms with E-state index in [4.69, 9.17) is 5.11 Å². The topological polar surface area (TPSA) is 75.2 Å². The van der Waals surface area contributed by atoms with E-state index in [0.29, 0.717) is 0 Å². The third kappa shape index (κ3) is 2.38. The van der Waals surface area contributed by atoms with Gasteiger partial charge in [0.2, 0.25) is 0 Å². The average Bonchev–Trinajstić information content (AvgIpc) is 2.45. The number of carboxylic acid groups (broad SMARTS) is 1. The first-order valence-electron chi connectivity index (χ1n) is 3.57. The average molecular weight is 246 g/mol. The third-order valence-electron chi connectivity index (χ3n) is 1.43. The summed E-state index contributed by atoms with van der Waals surface area (Å²) < 4.78 is 63.8. The molecule has 0 fully saturated rings. The van der Waals surface area contributed by atoms with E-state index in [2.05, 4.69) is 9.84 Å². The molecule has 0 aromatic carbocycles. The molecule has 0 atom stereocenters. The Labute approximate surface area is 83.8 Å². The molecule has 1 aromatic rings. The van der Waals surface area contributed by atoms with Crippen molar-refractivity contribution < 1.29 is 36.6 Å². The highest BCUT2D eigenvalue weighted by molar-refractivity contribution is 5.88. The lowest BCUT2D eigenvalue weighted by molar-refractivity contribution is -0.142. The number of alkyl halides is 5. The molecule has 0 saturated heterocycles. The molecule has 0 aliphatic carbocycles. The molecular weight excluding hydrogens is 243 g/mol. The van der Waals surface area contributed by atoms with Gasteiger partial charge in [-0.05, 0) is 0 Å². The summed E-state index contributed by atoms with van der Waals surface area (Å²) >= 11 is 0. The quantitative estimate of drug-likeness (QED) is 0.796. The molecule has 1 rings (SSSR count). The maximum Gasteiger partial charge on any atom is 0.424 e. The van der Waals surface area contributed by atoms with Gasteiger partial charge < -0.3 is 9.84 Å². The first-order valence-corrected chi connectivity index (χ1v) is 3.57. The van der Waals surface area contributed by atoms with E-state index < -0.39 is 35.9 Å². The number of halogens is 5. The van der Waals surface area contributed by atoms with Crippen LogP contribution in [0.5, 0.6) is 5.88 Å². The van der Waals surface area contributed by atoms with Crippen LogP contribution in [0.3, 0.4) is 0 Å². The van der Waals surface area contributed by atoms with Crippen LogP contribution in [-0.4, -0.2) is 27.9 Å². The molecule has 1 heterocycles. The normalized spacial score (nSPS) is 11.9. The molecule has 5 nitrogen and oxygen atoms in total. The van der Waals surface area contributed by atoms with Gasteiger partial charge in [-0.15, -0.1) is 5.10 Å². The summed E-state index contributed by atoms with van der Waals surface area (Å²) in [7, 11) is 0. The van der Waals surface area contributed by atoms with Gasteiger partial charge in [0.1, 0.15) is 0 Å². The predicted octanol–water partition coefficient (Wildman–Crippen LogP) is 1.73. The Morgan fingerprint density at radius 3 is 2.38 bits per heavy atom. The molecule has 0 saturated carbocycles. The van der Waals surface area contributed by atoms with Crippen LogP contribution < -0.4 is 4.74 Å². The molecule has 0 radical (unpaired) electrons. The third-order valence-corrected chi connectivity index (χ3v) is 1.43. The van der Waals surface area contributed by atoms with Crippen LogP contribution in [-0.2, 0) is 6.18 Å². The molecule has 90 valence electrons. The fourth-order valence-corrected chi connectivity index (χ4v) is 0.913. The zero-order valence-electron chi connectivity index (χ0n) is 7.18. The lowest BCUT2D eigenvalue weighted by atomic mass is 10.2. The summed E-state index contributed by atoms with van der Waals surface area (Å²) in [5.41, 5.74) is -3.23. The Bertz CT molecular complexity index is 399. The van der Waals surface area contributed by atoms with Crippen molar-refractivity contribution in [1.82, 2.24) is 10.2 Å².